The molecule has 0 bridgehead atoms. The topological polar surface area (TPSA) is 111 Å². The fraction of sp³-hybridized carbons (Fsp3) is 0.360. The minimum Gasteiger partial charge on any atom is -0.497 e. The van der Waals surface area contributed by atoms with Gasteiger partial charge in [0, 0.05) is 42.1 Å². The molecule has 2 unspecified atom stereocenters. The predicted octanol–water partition coefficient (Wildman–Crippen LogP) is 4.41. The summed E-state index contributed by atoms with van der Waals surface area (Å²) in [5.74, 6) is -0.764. The number of rotatable bonds is 8. The molecule has 0 aliphatic carbocycles. The number of aromatic nitrogens is 3. The smallest absolute Gasteiger partial charge is 0.288 e. The molecule has 1 aromatic carbocycles. The Hall–Kier alpha value is -3.68. The Morgan fingerprint density at radius 1 is 1.31 bits per heavy atom. The van der Waals surface area contributed by atoms with E-state index >= 15 is 4.39 Å². The van der Waals surface area contributed by atoms with Crippen molar-refractivity contribution in [1.29, 1.82) is 5.26 Å². The van der Waals surface area contributed by atoms with Crippen LogP contribution in [0.15, 0.2) is 41.5 Å². The van der Waals surface area contributed by atoms with Crippen molar-refractivity contribution in [3.05, 3.63) is 74.5 Å². The van der Waals surface area contributed by atoms with Crippen LogP contribution in [0.4, 0.5) is 10.2 Å². The maximum Gasteiger partial charge on any atom is 0.288 e. The van der Waals surface area contributed by atoms with E-state index in [9.17, 15) is 10.1 Å². The first-order chi connectivity index (χ1) is 17.5. The lowest BCUT2D eigenvalue weighted by Crippen LogP contribution is -2.32. The molecule has 188 valence electrons. The zero-order valence-corrected chi connectivity index (χ0v) is 20.6. The van der Waals surface area contributed by atoms with Gasteiger partial charge in [-0.25, -0.2) is 9.37 Å². The van der Waals surface area contributed by atoms with Gasteiger partial charge in [-0.1, -0.05) is 11.6 Å². The highest BCUT2D eigenvalue weighted by atomic mass is 35.5. The third kappa shape index (κ3) is 5.12. The maximum atomic E-state index is 15.5. The van der Waals surface area contributed by atoms with Crippen molar-refractivity contribution in [2.75, 3.05) is 26.1 Å². The highest BCUT2D eigenvalue weighted by Gasteiger charge is 2.27. The minimum absolute atomic E-state index is 0.0199. The van der Waals surface area contributed by atoms with Crippen LogP contribution < -0.4 is 20.3 Å². The summed E-state index contributed by atoms with van der Waals surface area (Å²) in [6.45, 7) is 0.733. The molecule has 1 aliphatic rings. The van der Waals surface area contributed by atoms with Gasteiger partial charge in [0.2, 0.25) is 0 Å². The zero-order valence-electron chi connectivity index (χ0n) is 19.8. The Bertz CT molecular complexity index is 1340. The summed E-state index contributed by atoms with van der Waals surface area (Å²) in [6.07, 6.45) is 4.65. The number of ether oxygens (including phenoxy) is 3. The highest BCUT2D eigenvalue weighted by Crippen LogP contribution is 2.32. The number of pyridine rings is 1. The van der Waals surface area contributed by atoms with Gasteiger partial charge < -0.3 is 19.5 Å². The average Bonchev–Trinajstić information content (AvgIpc) is 2.92. The molecule has 0 saturated carbocycles. The van der Waals surface area contributed by atoms with Gasteiger partial charge in [0.15, 0.2) is 17.9 Å². The van der Waals surface area contributed by atoms with E-state index in [2.05, 4.69) is 15.4 Å². The summed E-state index contributed by atoms with van der Waals surface area (Å²) in [6, 6.07) is 8.70. The second-order valence-electron chi connectivity index (χ2n) is 8.14. The van der Waals surface area contributed by atoms with Gasteiger partial charge in [-0.3, -0.25) is 4.79 Å². The third-order valence-corrected chi connectivity index (χ3v) is 6.39. The number of methoxy groups -OCH3 is 2. The van der Waals surface area contributed by atoms with Gasteiger partial charge in [0.1, 0.15) is 22.4 Å². The molecule has 2 atom stereocenters. The minimum atomic E-state index is -1.17. The van der Waals surface area contributed by atoms with Crippen molar-refractivity contribution < 1.29 is 18.6 Å². The van der Waals surface area contributed by atoms with E-state index in [-0.39, 0.29) is 28.5 Å². The first kappa shape index (κ1) is 25.4. The van der Waals surface area contributed by atoms with Gasteiger partial charge in [0.25, 0.3) is 5.56 Å². The number of hydrogen-bond acceptors (Lipinski definition) is 8. The summed E-state index contributed by atoms with van der Waals surface area (Å²) >= 11 is 6.37. The second kappa shape index (κ2) is 11.4. The number of nitriles is 1. The van der Waals surface area contributed by atoms with Crippen LogP contribution in [0.3, 0.4) is 0 Å². The van der Waals surface area contributed by atoms with Crippen LogP contribution in [0.1, 0.15) is 48.1 Å². The monoisotopic (exact) mass is 513 g/mol. The molecule has 3 aromatic rings. The van der Waals surface area contributed by atoms with Gasteiger partial charge >= 0.3 is 0 Å². The highest BCUT2D eigenvalue weighted by molar-refractivity contribution is 6.31. The Morgan fingerprint density at radius 2 is 2.14 bits per heavy atom. The first-order valence-electron chi connectivity index (χ1n) is 11.4. The number of nitrogens with zero attached hydrogens (tertiary/aromatic N) is 4. The molecule has 0 spiro atoms. The van der Waals surface area contributed by atoms with Crippen LogP contribution in [0.25, 0.3) is 0 Å². The maximum absolute atomic E-state index is 15.5. The van der Waals surface area contributed by atoms with Gasteiger partial charge in [-0.15, -0.1) is 0 Å². The van der Waals surface area contributed by atoms with E-state index in [1.165, 1.54) is 30.3 Å². The number of nitrogens with one attached hydrogen (secondary N) is 1. The lowest BCUT2D eigenvalue weighted by molar-refractivity contribution is -0.0425. The number of benzene rings is 1. The molecule has 11 heteroatoms. The standard InChI is InChI=1S/C25H25ClFN5O4/c1-34-16-7-6-15(20(11-16)35-2)13-30-24-23(27)17(8-9-29-24)18(12-28)19-14-31-32(25(33)22(19)26)21-5-3-4-10-36-21/h6-9,11,14,18,21H,3-5,10,13H2,1-2H3,(H,29,30). The summed E-state index contributed by atoms with van der Waals surface area (Å²) in [4.78, 5) is 17.0. The van der Waals surface area contributed by atoms with Crippen molar-refractivity contribution in [2.45, 2.75) is 38.0 Å². The second-order valence-corrected chi connectivity index (χ2v) is 8.52. The molecular weight excluding hydrogens is 489 g/mol. The van der Waals surface area contributed by atoms with E-state index in [0.717, 1.165) is 18.4 Å². The Labute approximate surface area is 212 Å². The van der Waals surface area contributed by atoms with Gasteiger partial charge in [0.05, 0.1) is 26.5 Å². The average molecular weight is 514 g/mol. The van der Waals surface area contributed by atoms with Crippen molar-refractivity contribution in [3.63, 3.8) is 0 Å². The summed E-state index contributed by atoms with van der Waals surface area (Å²) in [5, 5.41) is 16.8. The van der Waals surface area contributed by atoms with E-state index in [0.29, 0.717) is 24.5 Å². The summed E-state index contributed by atoms with van der Waals surface area (Å²) in [7, 11) is 3.08. The quantitative estimate of drug-likeness (QED) is 0.471. The summed E-state index contributed by atoms with van der Waals surface area (Å²) in [5.41, 5.74) is 0.304. The van der Waals surface area contributed by atoms with Crippen LogP contribution in [0.2, 0.25) is 5.02 Å². The fourth-order valence-electron chi connectivity index (χ4n) is 4.07. The van der Waals surface area contributed by atoms with Crippen LogP contribution in [-0.4, -0.2) is 35.6 Å². The zero-order chi connectivity index (χ0) is 25.7. The van der Waals surface area contributed by atoms with Crippen molar-refractivity contribution in [3.8, 4) is 17.6 Å². The molecule has 1 N–H and O–H groups in total. The fourth-order valence-corrected chi connectivity index (χ4v) is 4.31. The van der Waals surface area contributed by atoms with Gasteiger partial charge in [-0.2, -0.15) is 15.0 Å². The van der Waals surface area contributed by atoms with E-state index < -0.39 is 23.5 Å². The first-order valence-corrected chi connectivity index (χ1v) is 11.7. The lowest BCUT2D eigenvalue weighted by atomic mass is 9.94. The number of hydrogen-bond donors (Lipinski definition) is 1. The largest absolute Gasteiger partial charge is 0.497 e. The third-order valence-electron chi connectivity index (χ3n) is 6.01. The molecular formula is C25H25ClFN5O4. The Morgan fingerprint density at radius 3 is 2.83 bits per heavy atom. The molecule has 1 aliphatic heterocycles. The number of anilines is 1. The van der Waals surface area contributed by atoms with Crippen LogP contribution in [0.5, 0.6) is 11.5 Å². The van der Waals surface area contributed by atoms with E-state index in [4.69, 9.17) is 25.8 Å². The summed E-state index contributed by atoms with van der Waals surface area (Å²) < 4.78 is 32.9. The Kier molecular flexibility index (Phi) is 8.03. The number of halogens is 2. The van der Waals surface area contributed by atoms with E-state index in [1.807, 2.05) is 6.07 Å². The van der Waals surface area contributed by atoms with Crippen molar-refractivity contribution in [1.82, 2.24) is 14.8 Å². The molecule has 1 fully saturated rings. The lowest BCUT2D eigenvalue weighted by Gasteiger charge is -2.24. The predicted molar refractivity (Wildman–Crippen MR) is 131 cm³/mol. The molecule has 3 heterocycles. The van der Waals surface area contributed by atoms with Crippen LogP contribution >= 0.6 is 11.6 Å². The van der Waals surface area contributed by atoms with Crippen LogP contribution in [0, 0.1) is 17.1 Å². The Balaban J connectivity index is 1.61. The normalized spacial score (nSPS) is 16.1. The van der Waals surface area contributed by atoms with E-state index in [1.54, 1.807) is 25.3 Å². The van der Waals surface area contributed by atoms with Crippen molar-refractivity contribution >= 4 is 17.4 Å². The molecule has 9 nitrogen and oxygen atoms in total. The van der Waals surface area contributed by atoms with Gasteiger partial charge in [-0.05, 0) is 37.5 Å². The molecule has 36 heavy (non-hydrogen) atoms. The molecule has 1 saturated heterocycles. The van der Waals surface area contributed by atoms with Crippen molar-refractivity contribution in [2.24, 2.45) is 0 Å². The van der Waals surface area contributed by atoms with Crippen LogP contribution in [-0.2, 0) is 11.3 Å². The molecule has 2 aromatic heterocycles. The molecule has 4 rings (SSSR count). The molecule has 0 amide bonds. The molecule has 0 radical (unpaired) electrons. The SMILES string of the molecule is COc1ccc(CNc2nccc(C(C#N)c3cnn(C4CCCCO4)c(=O)c3Cl)c2F)c(OC)c1.